The summed E-state index contributed by atoms with van der Waals surface area (Å²) in [6, 6.07) is 14.5. The monoisotopic (exact) mass is 442 g/mol. The summed E-state index contributed by atoms with van der Waals surface area (Å²) in [5.74, 6) is 0.155. The number of nitrogens with zero attached hydrogens (tertiary/aromatic N) is 6. The van der Waals surface area contributed by atoms with Gasteiger partial charge in [-0.3, -0.25) is 14.5 Å². The molecule has 4 aromatic heterocycles. The van der Waals surface area contributed by atoms with Crippen LogP contribution in [0.1, 0.15) is 16.1 Å². The SMILES string of the molecule is COc1cccnc1-c1cnn(C)c1C(=O)Cc1cc2nc(-c3ccccc3)nn2cc1F. The van der Waals surface area contributed by atoms with E-state index in [0.29, 0.717) is 34.2 Å². The number of benzene rings is 1. The normalized spacial score (nSPS) is 11.1. The summed E-state index contributed by atoms with van der Waals surface area (Å²) >= 11 is 0. The Balaban J connectivity index is 1.50. The molecule has 0 fully saturated rings. The lowest BCUT2D eigenvalue weighted by molar-refractivity contribution is 0.0983. The van der Waals surface area contributed by atoms with Crippen LogP contribution in [0.3, 0.4) is 0 Å². The van der Waals surface area contributed by atoms with Crippen LogP contribution in [0.5, 0.6) is 5.75 Å². The molecule has 0 aliphatic heterocycles. The maximum Gasteiger partial charge on any atom is 0.186 e. The van der Waals surface area contributed by atoms with Crippen molar-refractivity contribution in [3.63, 3.8) is 0 Å². The molecular formula is C24H19FN6O2. The molecule has 0 N–H and O–H groups in total. The van der Waals surface area contributed by atoms with Gasteiger partial charge in [-0.1, -0.05) is 30.3 Å². The lowest BCUT2D eigenvalue weighted by Gasteiger charge is -2.09. The van der Waals surface area contributed by atoms with E-state index in [-0.39, 0.29) is 17.8 Å². The highest BCUT2D eigenvalue weighted by molar-refractivity contribution is 6.02. The van der Waals surface area contributed by atoms with Gasteiger partial charge < -0.3 is 4.74 Å². The maximum atomic E-state index is 14.9. The van der Waals surface area contributed by atoms with E-state index in [1.165, 1.54) is 22.5 Å². The van der Waals surface area contributed by atoms with E-state index in [4.69, 9.17) is 4.74 Å². The van der Waals surface area contributed by atoms with Gasteiger partial charge in [-0.2, -0.15) is 5.10 Å². The van der Waals surface area contributed by atoms with Crippen molar-refractivity contribution in [3.05, 3.63) is 84.2 Å². The lowest BCUT2D eigenvalue weighted by atomic mass is 10.0. The zero-order chi connectivity index (χ0) is 22.9. The first-order chi connectivity index (χ1) is 16.0. The summed E-state index contributed by atoms with van der Waals surface area (Å²) in [5.41, 5.74) is 2.84. The van der Waals surface area contributed by atoms with E-state index in [2.05, 4.69) is 20.2 Å². The topological polar surface area (TPSA) is 87.2 Å². The quantitative estimate of drug-likeness (QED) is 0.372. The average Bonchev–Trinajstić information content (AvgIpc) is 3.42. The van der Waals surface area contributed by atoms with Gasteiger partial charge in [0, 0.05) is 30.8 Å². The van der Waals surface area contributed by atoms with Gasteiger partial charge in [-0.05, 0) is 18.2 Å². The number of carbonyl (C=O) groups is 1. The Hall–Kier alpha value is -4.40. The van der Waals surface area contributed by atoms with Crippen LogP contribution in [0.25, 0.3) is 28.3 Å². The van der Waals surface area contributed by atoms with Crippen molar-refractivity contribution in [1.29, 1.82) is 0 Å². The van der Waals surface area contributed by atoms with Crippen molar-refractivity contribution >= 4 is 11.4 Å². The highest BCUT2D eigenvalue weighted by atomic mass is 19.1. The first-order valence-electron chi connectivity index (χ1n) is 10.2. The highest BCUT2D eigenvalue weighted by Crippen LogP contribution is 2.30. The molecule has 0 atom stereocenters. The first kappa shape index (κ1) is 20.5. The van der Waals surface area contributed by atoms with Crippen molar-refractivity contribution in [2.24, 2.45) is 7.05 Å². The molecule has 0 aliphatic rings. The summed E-state index contributed by atoms with van der Waals surface area (Å²) < 4.78 is 23.1. The van der Waals surface area contributed by atoms with Gasteiger partial charge in [0.25, 0.3) is 0 Å². The van der Waals surface area contributed by atoms with Gasteiger partial charge >= 0.3 is 0 Å². The second-order valence-electron chi connectivity index (χ2n) is 7.44. The van der Waals surface area contributed by atoms with Crippen LogP contribution in [0.15, 0.2) is 67.1 Å². The number of ketones is 1. The average molecular weight is 442 g/mol. The number of carbonyl (C=O) groups excluding carboxylic acids is 1. The first-order valence-corrected chi connectivity index (χ1v) is 10.2. The van der Waals surface area contributed by atoms with Gasteiger partial charge in [-0.15, -0.1) is 5.10 Å². The maximum absolute atomic E-state index is 14.9. The number of hydrogen-bond acceptors (Lipinski definition) is 6. The molecule has 0 saturated heterocycles. The Morgan fingerprint density at radius 3 is 2.76 bits per heavy atom. The number of halogens is 1. The summed E-state index contributed by atoms with van der Waals surface area (Å²) in [6.07, 6.45) is 4.24. The number of aromatic nitrogens is 6. The van der Waals surface area contributed by atoms with Crippen LogP contribution in [-0.4, -0.2) is 42.3 Å². The Kier molecular flexibility index (Phi) is 5.14. The number of ether oxygens (including phenoxy) is 1. The van der Waals surface area contributed by atoms with Crippen molar-refractivity contribution < 1.29 is 13.9 Å². The third kappa shape index (κ3) is 3.73. The molecule has 0 amide bonds. The van der Waals surface area contributed by atoms with E-state index < -0.39 is 5.82 Å². The molecule has 0 spiro atoms. The van der Waals surface area contributed by atoms with Crippen molar-refractivity contribution in [2.45, 2.75) is 6.42 Å². The van der Waals surface area contributed by atoms with E-state index in [0.717, 1.165) is 5.56 Å². The molecular weight excluding hydrogens is 423 g/mol. The van der Waals surface area contributed by atoms with Crippen LogP contribution in [0.2, 0.25) is 0 Å². The third-order valence-corrected chi connectivity index (χ3v) is 5.33. The molecule has 0 saturated carbocycles. The summed E-state index contributed by atoms with van der Waals surface area (Å²) in [5, 5.41) is 8.57. The van der Waals surface area contributed by atoms with Crippen LogP contribution in [0.4, 0.5) is 4.39 Å². The summed E-state index contributed by atoms with van der Waals surface area (Å²) in [7, 11) is 3.20. The molecule has 5 rings (SSSR count). The zero-order valence-corrected chi connectivity index (χ0v) is 17.9. The molecule has 33 heavy (non-hydrogen) atoms. The molecule has 8 nitrogen and oxygen atoms in total. The second-order valence-corrected chi connectivity index (χ2v) is 7.44. The molecule has 164 valence electrons. The molecule has 4 heterocycles. The lowest BCUT2D eigenvalue weighted by Crippen LogP contribution is -2.12. The van der Waals surface area contributed by atoms with Gasteiger partial charge in [0.1, 0.15) is 23.0 Å². The minimum Gasteiger partial charge on any atom is -0.494 e. The van der Waals surface area contributed by atoms with E-state index >= 15 is 0 Å². The Morgan fingerprint density at radius 2 is 1.97 bits per heavy atom. The summed E-state index contributed by atoms with van der Waals surface area (Å²) in [6.45, 7) is 0. The number of pyridine rings is 2. The molecule has 0 aliphatic carbocycles. The fourth-order valence-electron chi connectivity index (χ4n) is 3.74. The van der Waals surface area contributed by atoms with Gasteiger partial charge in [0.2, 0.25) is 0 Å². The third-order valence-electron chi connectivity index (χ3n) is 5.33. The van der Waals surface area contributed by atoms with Crippen molar-refractivity contribution in [1.82, 2.24) is 29.4 Å². The van der Waals surface area contributed by atoms with Gasteiger partial charge in [0.05, 0.1) is 25.1 Å². The van der Waals surface area contributed by atoms with Gasteiger partial charge in [-0.25, -0.2) is 13.9 Å². The van der Waals surface area contributed by atoms with Crippen molar-refractivity contribution in [2.75, 3.05) is 7.11 Å². The molecule has 0 radical (unpaired) electrons. The van der Waals surface area contributed by atoms with Crippen LogP contribution >= 0.6 is 0 Å². The standard InChI is InChI=1S/C24H19FN6O2/c1-30-23(17(13-27-30)22-20(33-2)9-6-10-26-22)19(32)11-16-12-21-28-24(15-7-4-3-5-8-15)29-31(21)14-18(16)25/h3-10,12-14H,11H2,1-2H3. The molecule has 0 unspecified atom stereocenters. The number of rotatable bonds is 6. The van der Waals surface area contributed by atoms with E-state index in [1.807, 2.05) is 30.3 Å². The van der Waals surface area contributed by atoms with Crippen LogP contribution < -0.4 is 4.74 Å². The molecule has 9 heteroatoms. The minimum absolute atomic E-state index is 0.169. The van der Waals surface area contributed by atoms with Gasteiger partial charge in [0.15, 0.2) is 17.3 Å². The number of Topliss-reactive ketones (excluding diaryl/α,β-unsaturated/α-hetero) is 1. The predicted octanol–water partition coefficient (Wildman–Crippen LogP) is 3.76. The summed E-state index contributed by atoms with van der Waals surface area (Å²) in [4.78, 5) is 22.1. The molecule has 1 aromatic carbocycles. The fraction of sp³-hybridized carbons (Fsp3) is 0.125. The fourth-order valence-corrected chi connectivity index (χ4v) is 3.74. The van der Waals surface area contributed by atoms with Crippen LogP contribution in [0, 0.1) is 5.82 Å². The van der Waals surface area contributed by atoms with E-state index in [1.54, 1.807) is 37.6 Å². The minimum atomic E-state index is -0.542. The molecule has 5 aromatic rings. The van der Waals surface area contributed by atoms with Crippen molar-refractivity contribution in [3.8, 4) is 28.4 Å². The number of fused-ring (bicyclic) bond motifs is 1. The van der Waals surface area contributed by atoms with Crippen LogP contribution in [-0.2, 0) is 13.5 Å². The largest absolute Gasteiger partial charge is 0.494 e. The Labute approximate surface area is 188 Å². The smallest absolute Gasteiger partial charge is 0.186 e. The van der Waals surface area contributed by atoms with E-state index in [9.17, 15) is 9.18 Å². The Bertz CT molecular complexity index is 1480. The highest BCUT2D eigenvalue weighted by Gasteiger charge is 2.23. The molecule has 0 bridgehead atoms. The number of hydrogen-bond donors (Lipinski definition) is 0. The zero-order valence-electron chi connectivity index (χ0n) is 17.9. The number of aryl methyl sites for hydroxylation is 1. The number of methoxy groups -OCH3 is 1. The second kappa shape index (κ2) is 8.27. The predicted molar refractivity (Wildman–Crippen MR) is 119 cm³/mol. The Morgan fingerprint density at radius 1 is 1.15 bits per heavy atom.